The van der Waals surface area contributed by atoms with E-state index < -0.39 is 0 Å². The van der Waals surface area contributed by atoms with Gasteiger partial charge in [0.05, 0.1) is 13.0 Å². The van der Waals surface area contributed by atoms with Gasteiger partial charge in [-0.05, 0) is 43.9 Å². The highest BCUT2D eigenvalue weighted by Gasteiger charge is 2.25. The molecule has 0 aliphatic carbocycles. The third-order valence-electron chi connectivity index (χ3n) is 4.38. The van der Waals surface area contributed by atoms with Crippen LogP contribution in [0.2, 0.25) is 0 Å². The maximum absolute atomic E-state index is 12.1. The van der Waals surface area contributed by atoms with E-state index in [1.807, 2.05) is 32.0 Å². The summed E-state index contributed by atoms with van der Waals surface area (Å²) in [4.78, 5) is 25.1. The summed E-state index contributed by atoms with van der Waals surface area (Å²) < 4.78 is 5.72. The number of ether oxygens (including phenoxy) is 1. The first-order chi connectivity index (χ1) is 10.5. The van der Waals surface area contributed by atoms with Crippen molar-refractivity contribution in [2.24, 2.45) is 11.7 Å². The van der Waals surface area contributed by atoms with Gasteiger partial charge in [-0.25, -0.2) is 0 Å². The van der Waals surface area contributed by atoms with E-state index in [1.54, 1.807) is 4.90 Å². The van der Waals surface area contributed by atoms with Crippen LogP contribution in [-0.4, -0.2) is 36.4 Å². The lowest BCUT2D eigenvalue weighted by atomic mass is 9.96. The molecule has 0 unspecified atom stereocenters. The fraction of sp³-hybridized carbons (Fsp3) is 0.529. The van der Waals surface area contributed by atoms with Crippen LogP contribution >= 0.6 is 0 Å². The van der Waals surface area contributed by atoms with Crippen molar-refractivity contribution in [1.82, 2.24) is 4.90 Å². The van der Waals surface area contributed by atoms with Crippen molar-refractivity contribution in [3.63, 3.8) is 0 Å². The fourth-order valence-corrected chi connectivity index (χ4v) is 2.70. The molecule has 0 radical (unpaired) electrons. The van der Waals surface area contributed by atoms with Gasteiger partial charge in [0.15, 0.2) is 0 Å². The molecule has 1 fully saturated rings. The number of primary amides is 1. The molecular formula is C17H24N2O3. The van der Waals surface area contributed by atoms with Gasteiger partial charge in [0.1, 0.15) is 5.75 Å². The summed E-state index contributed by atoms with van der Waals surface area (Å²) in [5.41, 5.74) is 7.58. The maximum atomic E-state index is 12.1. The number of benzene rings is 1. The molecular weight excluding hydrogens is 280 g/mol. The van der Waals surface area contributed by atoms with Crippen molar-refractivity contribution < 1.29 is 14.3 Å². The lowest BCUT2D eigenvalue weighted by Gasteiger charge is -2.30. The first kappa shape index (κ1) is 16.3. The minimum Gasteiger partial charge on any atom is -0.493 e. The summed E-state index contributed by atoms with van der Waals surface area (Å²) in [6.45, 7) is 5.64. The number of nitrogens with two attached hydrogens (primary N) is 1. The number of carbonyl (C=O) groups is 2. The quantitative estimate of drug-likeness (QED) is 0.901. The smallest absolute Gasteiger partial charge is 0.225 e. The predicted molar refractivity (Wildman–Crippen MR) is 84.5 cm³/mol. The minimum absolute atomic E-state index is 0.0771. The molecule has 22 heavy (non-hydrogen) atoms. The zero-order chi connectivity index (χ0) is 16.1. The Morgan fingerprint density at radius 2 is 1.95 bits per heavy atom. The number of hydrogen-bond donors (Lipinski definition) is 1. The Morgan fingerprint density at radius 3 is 2.59 bits per heavy atom. The van der Waals surface area contributed by atoms with Gasteiger partial charge < -0.3 is 15.4 Å². The number of likely N-dealkylation sites (tertiary alicyclic amines) is 1. The van der Waals surface area contributed by atoms with Gasteiger partial charge in [-0.15, -0.1) is 0 Å². The Morgan fingerprint density at radius 1 is 1.27 bits per heavy atom. The molecule has 0 atom stereocenters. The fourth-order valence-electron chi connectivity index (χ4n) is 2.70. The van der Waals surface area contributed by atoms with Crippen molar-refractivity contribution in [2.45, 2.75) is 33.1 Å². The number of piperidine rings is 1. The lowest BCUT2D eigenvalue weighted by Crippen LogP contribution is -2.42. The van der Waals surface area contributed by atoms with E-state index in [-0.39, 0.29) is 17.7 Å². The highest BCUT2D eigenvalue weighted by molar-refractivity contribution is 5.78. The summed E-state index contributed by atoms with van der Waals surface area (Å²) >= 11 is 0. The summed E-state index contributed by atoms with van der Waals surface area (Å²) in [5.74, 6) is 0.564. The number of aryl methyl sites for hydroxylation is 1. The minimum atomic E-state index is -0.259. The maximum Gasteiger partial charge on any atom is 0.225 e. The van der Waals surface area contributed by atoms with Crippen molar-refractivity contribution in [2.75, 3.05) is 19.7 Å². The molecule has 0 saturated carbocycles. The average Bonchev–Trinajstić information content (AvgIpc) is 2.51. The van der Waals surface area contributed by atoms with Crippen LogP contribution in [0.25, 0.3) is 0 Å². The van der Waals surface area contributed by atoms with Crippen molar-refractivity contribution >= 4 is 11.8 Å². The first-order valence-corrected chi connectivity index (χ1v) is 7.75. The lowest BCUT2D eigenvalue weighted by molar-refractivity contribution is -0.135. The van der Waals surface area contributed by atoms with Gasteiger partial charge in [-0.3, -0.25) is 9.59 Å². The molecule has 120 valence electrons. The zero-order valence-corrected chi connectivity index (χ0v) is 13.3. The van der Waals surface area contributed by atoms with Crippen LogP contribution in [0, 0.1) is 19.8 Å². The molecule has 0 aromatic heterocycles. The van der Waals surface area contributed by atoms with Gasteiger partial charge in [0.2, 0.25) is 11.8 Å². The molecule has 2 N–H and O–H groups in total. The van der Waals surface area contributed by atoms with Gasteiger partial charge in [-0.1, -0.05) is 12.1 Å². The zero-order valence-electron chi connectivity index (χ0n) is 13.3. The third kappa shape index (κ3) is 4.00. The standard InChI is InChI=1S/C17H24N2O3/c1-12-4-3-5-15(13(12)2)22-11-8-16(20)19-9-6-14(7-10-19)17(18)21/h3-5,14H,6-11H2,1-2H3,(H2,18,21). The topological polar surface area (TPSA) is 72.6 Å². The second kappa shape index (κ2) is 7.29. The number of amides is 2. The van der Waals surface area contributed by atoms with Crippen molar-refractivity contribution in [3.8, 4) is 5.75 Å². The van der Waals surface area contributed by atoms with E-state index in [4.69, 9.17) is 10.5 Å². The van der Waals surface area contributed by atoms with Crippen molar-refractivity contribution in [1.29, 1.82) is 0 Å². The molecule has 0 bridgehead atoms. The predicted octanol–water partition coefficient (Wildman–Crippen LogP) is 1.80. The summed E-state index contributed by atoms with van der Waals surface area (Å²) in [6.07, 6.45) is 1.69. The molecule has 1 aromatic carbocycles. The van der Waals surface area contributed by atoms with Gasteiger partial charge in [-0.2, -0.15) is 0 Å². The molecule has 5 nitrogen and oxygen atoms in total. The van der Waals surface area contributed by atoms with Gasteiger partial charge in [0.25, 0.3) is 0 Å². The highest BCUT2D eigenvalue weighted by atomic mass is 16.5. The van der Waals surface area contributed by atoms with E-state index >= 15 is 0 Å². The molecule has 1 aromatic rings. The van der Waals surface area contributed by atoms with Gasteiger partial charge in [0, 0.05) is 19.0 Å². The Hall–Kier alpha value is -2.04. The average molecular weight is 304 g/mol. The highest BCUT2D eigenvalue weighted by Crippen LogP contribution is 2.21. The third-order valence-corrected chi connectivity index (χ3v) is 4.38. The number of nitrogens with zero attached hydrogens (tertiary/aromatic N) is 1. The van der Waals surface area contributed by atoms with Crippen molar-refractivity contribution in [3.05, 3.63) is 29.3 Å². The van der Waals surface area contributed by atoms with Crippen LogP contribution in [0.1, 0.15) is 30.4 Å². The normalized spacial score (nSPS) is 15.6. The van der Waals surface area contributed by atoms with Crippen LogP contribution < -0.4 is 10.5 Å². The molecule has 1 aliphatic rings. The second-order valence-electron chi connectivity index (χ2n) is 5.85. The van der Waals surface area contributed by atoms with Crippen LogP contribution in [0.4, 0.5) is 0 Å². The van der Waals surface area contributed by atoms with Gasteiger partial charge >= 0.3 is 0 Å². The summed E-state index contributed by atoms with van der Waals surface area (Å²) in [7, 11) is 0. The molecule has 1 saturated heterocycles. The van der Waals surface area contributed by atoms with E-state index in [0.29, 0.717) is 39.0 Å². The van der Waals surface area contributed by atoms with Crippen LogP contribution in [-0.2, 0) is 9.59 Å². The monoisotopic (exact) mass is 304 g/mol. The first-order valence-electron chi connectivity index (χ1n) is 7.75. The van der Waals surface area contributed by atoms with Crippen LogP contribution in [0.5, 0.6) is 5.75 Å². The van der Waals surface area contributed by atoms with E-state index in [0.717, 1.165) is 11.3 Å². The molecule has 2 rings (SSSR count). The Kier molecular flexibility index (Phi) is 5.41. The van der Waals surface area contributed by atoms with E-state index in [2.05, 4.69) is 0 Å². The molecule has 2 amide bonds. The van der Waals surface area contributed by atoms with Crippen LogP contribution in [0.15, 0.2) is 18.2 Å². The SMILES string of the molecule is Cc1cccc(OCCC(=O)N2CCC(C(N)=O)CC2)c1C. The number of rotatable bonds is 5. The molecule has 1 heterocycles. The molecule has 1 aliphatic heterocycles. The summed E-state index contributed by atoms with van der Waals surface area (Å²) in [6, 6.07) is 5.91. The summed E-state index contributed by atoms with van der Waals surface area (Å²) in [5, 5.41) is 0. The number of carbonyl (C=O) groups excluding carboxylic acids is 2. The number of hydrogen-bond acceptors (Lipinski definition) is 3. The molecule has 0 spiro atoms. The second-order valence-corrected chi connectivity index (χ2v) is 5.85. The molecule has 5 heteroatoms. The van der Waals surface area contributed by atoms with E-state index in [9.17, 15) is 9.59 Å². The Bertz CT molecular complexity index is 549. The van der Waals surface area contributed by atoms with E-state index in [1.165, 1.54) is 5.56 Å². The van der Waals surface area contributed by atoms with Crippen LogP contribution in [0.3, 0.4) is 0 Å². The largest absolute Gasteiger partial charge is 0.493 e. The Balaban J connectivity index is 1.77. The Labute approximate surface area is 131 Å².